The predicted octanol–water partition coefficient (Wildman–Crippen LogP) is 6.04. The molecule has 2 nitrogen and oxygen atoms in total. The fraction of sp³-hybridized carbons (Fsp3) is 0.480. The number of nitrogens with zero attached hydrogens (tertiary/aromatic N) is 1. The smallest absolute Gasteiger partial charge is 0.148 e. The Morgan fingerprint density at radius 3 is 1.89 bits per heavy atom. The van der Waals surface area contributed by atoms with Crippen molar-refractivity contribution in [2.45, 2.75) is 51.4 Å². The van der Waals surface area contributed by atoms with E-state index in [0.29, 0.717) is 12.2 Å². The molecule has 0 saturated carbocycles. The number of ketones is 1. The molecule has 1 fully saturated rings. The van der Waals surface area contributed by atoms with Gasteiger partial charge in [-0.2, -0.15) is 0 Å². The molecule has 3 rings (SSSR count). The van der Waals surface area contributed by atoms with Gasteiger partial charge in [0.05, 0.1) is 5.41 Å². The Morgan fingerprint density at radius 1 is 0.929 bits per heavy atom. The molecule has 0 N–H and O–H groups in total. The number of Topliss-reactive ketones (excluding diaryl/α,β-unsaturated/α-hetero) is 1. The summed E-state index contributed by atoms with van der Waals surface area (Å²) in [6, 6.07) is 20.9. The maximum atomic E-state index is 13.7. The maximum Gasteiger partial charge on any atom is 0.148 e. The quantitative estimate of drug-likeness (QED) is 0.495. The van der Waals surface area contributed by atoms with Crippen LogP contribution in [0.25, 0.3) is 0 Å². The van der Waals surface area contributed by atoms with Crippen molar-refractivity contribution in [3.05, 3.63) is 71.8 Å². The summed E-state index contributed by atoms with van der Waals surface area (Å²) in [5, 5.41) is 0. The Balaban J connectivity index is 0.00000280. The van der Waals surface area contributed by atoms with Crippen molar-refractivity contribution in [2.75, 3.05) is 19.6 Å². The highest BCUT2D eigenvalue weighted by Crippen LogP contribution is 2.42. The molecule has 0 radical (unpaired) electrons. The van der Waals surface area contributed by atoms with Crippen LogP contribution in [0.4, 0.5) is 0 Å². The molecule has 2 aromatic carbocycles. The molecular weight excluding hydrogens is 410 g/mol. The van der Waals surface area contributed by atoms with E-state index in [4.69, 9.17) is 0 Å². The van der Waals surface area contributed by atoms with E-state index in [-0.39, 0.29) is 22.9 Å². The van der Waals surface area contributed by atoms with E-state index in [1.807, 2.05) is 12.1 Å². The largest absolute Gasteiger partial charge is 0.303 e. The zero-order chi connectivity index (χ0) is 19.1. The lowest BCUT2D eigenvalue weighted by Crippen LogP contribution is -2.48. The molecule has 0 bridgehead atoms. The number of carbonyl (C=O) groups excluding carboxylic acids is 1. The molecule has 1 aliphatic heterocycles. The number of hydrogen-bond acceptors (Lipinski definition) is 2. The van der Waals surface area contributed by atoms with Gasteiger partial charge in [0.25, 0.3) is 0 Å². The first-order valence-corrected chi connectivity index (χ1v) is 10.6. The van der Waals surface area contributed by atoms with Crippen molar-refractivity contribution in [1.29, 1.82) is 0 Å². The summed E-state index contributed by atoms with van der Waals surface area (Å²) in [6.45, 7) is 7.67. The van der Waals surface area contributed by atoms with Crippen LogP contribution in [0.1, 0.15) is 57.1 Å². The van der Waals surface area contributed by atoms with Gasteiger partial charge in [0.15, 0.2) is 0 Å². The third kappa shape index (κ3) is 4.75. The Morgan fingerprint density at radius 2 is 1.43 bits per heavy atom. The van der Waals surface area contributed by atoms with Gasteiger partial charge in [-0.1, -0.05) is 80.9 Å². The minimum Gasteiger partial charge on any atom is -0.303 e. The summed E-state index contributed by atoms with van der Waals surface area (Å²) in [5.74, 6) is 0.575. The average Bonchev–Trinajstić information content (AvgIpc) is 2.71. The highest BCUT2D eigenvalue weighted by molar-refractivity contribution is 8.93. The Bertz CT molecular complexity index is 670. The normalized spacial score (nSPS) is 16.2. The third-order valence-corrected chi connectivity index (χ3v) is 6.10. The topological polar surface area (TPSA) is 20.3 Å². The van der Waals surface area contributed by atoms with E-state index in [9.17, 15) is 4.79 Å². The molecule has 1 unspecified atom stereocenters. The fourth-order valence-corrected chi connectivity index (χ4v) is 4.83. The highest BCUT2D eigenvalue weighted by atomic mass is 79.9. The first-order chi connectivity index (χ1) is 13.2. The zero-order valence-electron chi connectivity index (χ0n) is 17.3. The minimum absolute atomic E-state index is 0. The Hall–Kier alpha value is -1.45. The Labute approximate surface area is 181 Å². The second-order valence-electron chi connectivity index (χ2n) is 7.98. The number of piperidine rings is 1. The summed E-state index contributed by atoms with van der Waals surface area (Å²) >= 11 is 0. The molecule has 1 saturated heterocycles. The van der Waals surface area contributed by atoms with Gasteiger partial charge in [-0.15, -0.1) is 17.0 Å². The van der Waals surface area contributed by atoms with Crippen LogP contribution in [0.2, 0.25) is 0 Å². The van der Waals surface area contributed by atoms with Gasteiger partial charge in [-0.25, -0.2) is 0 Å². The van der Waals surface area contributed by atoms with E-state index in [2.05, 4.69) is 67.3 Å². The maximum absolute atomic E-state index is 13.7. The van der Waals surface area contributed by atoms with Crippen LogP contribution in [-0.4, -0.2) is 30.3 Å². The van der Waals surface area contributed by atoms with Gasteiger partial charge in [0.1, 0.15) is 5.78 Å². The van der Waals surface area contributed by atoms with Gasteiger partial charge in [-0.3, -0.25) is 4.79 Å². The third-order valence-electron chi connectivity index (χ3n) is 6.10. The molecule has 152 valence electrons. The molecule has 2 aromatic rings. The standard InChI is InChI=1S/C25H33NO.BrH/c1-3-13-24(27)25(22-14-7-4-8-15-22,23-16-9-5-10-17-23)21(2)20-26-18-11-6-12-19-26;/h4-5,7-10,14-17,21H,3,6,11-13,18-20H2,1-2H3;1H. The first-order valence-electron chi connectivity index (χ1n) is 10.6. The first kappa shape index (κ1) is 22.8. The van der Waals surface area contributed by atoms with Gasteiger partial charge >= 0.3 is 0 Å². The zero-order valence-corrected chi connectivity index (χ0v) is 19.0. The summed E-state index contributed by atoms with van der Waals surface area (Å²) < 4.78 is 0. The van der Waals surface area contributed by atoms with Crippen molar-refractivity contribution in [3.8, 4) is 0 Å². The molecule has 0 aliphatic carbocycles. The van der Waals surface area contributed by atoms with Crippen molar-refractivity contribution in [3.63, 3.8) is 0 Å². The lowest BCUT2D eigenvalue weighted by atomic mass is 9.62. The van der Waals surface area contributed by atoms with Crippen molar-refractivity contribution >= 4 is 22.8 Å². The number of halogens is 1. The second kappa shape index (κ2) is 10.9. The van der Waals surface area contributed by atoms with Crippen LogP contribution in [0.5, 0.6) is 0 Å². The molecule has 0 spiro atoms. The van der Waals surface area contributed by atoms with Gasteiger partial charge < -0.3 is 4.90 Å². The number of rotatable bonds is 8. The van der Waals surface area contributed by atoms with E-state index in [1.54, 1.807) is 0 Å². The summed E-state index contributed by atoms with van der Waals surface area (Å²) in [5.41, 5.74) is 1.70. The van der Waals surface area contributed by atoms with Gasteiger partial charge in [0.2, 0.25) is 0 Å². The van der Waals surface area contributed by atoms with Crippen LogP contribution >= 0.6 is 17.0 Å². The average molecular weight is 444 g/mol. The molecule has 28 heavy (non-hydrogen) atoms. The van der Waals surface area contributed by atoms with E-state index in [0.717, 1.165) is 37.2 Å². The molecule has 1 atom stereocenters. The van der Waals surface area contributed by atoms with Crippen LogP contribution < -0.4 is 0 Å². The number of carbonyl (C=O) groups is 1. The SMILES string of the molecule is Br.CCCC(=O)C(c1ccccc1)(c1ccccc1)C(C)CN1CCCCC1. The molecule has 1 aliphatic rings. The van der Waals surface area contributed by atoms with E-state index in [1.165, 1.54) is 19.3 Å². The molecular formula is C25H34BrNO. The minimum atomic E-state index is -0.573. The monoisotopic (exact) mass is 443 g/mol. The summed E-state index contributed by atoms with van der Waals surface area (Å²) in [6.07, 6.45) is 5.39. The Kier molecular flexibility index (Phi) is 8.91. The summed E-state index contributed by atoms with van der Waals surface area (Å²) in [7, 11) is 0. The second-order valence-corrected chi connectivity index (χ2v) is 7.98. The van der Waals surface area contributed by atoms with Crippen molar-refractivity contribution in [2.24, 2.45) is 5.92 Å². The van der Waals surface area contributed by atoms with Crippen molar-refractivity contribution in [1.82, 2.24) is 4.90 Å². The molecule has 1 heterocycles. The van der Waals surface area contributed by atoms with Crippen LogP contribution in [0.15, 0.2) is 60.7 Å². The fourth-order valence-electron chi connectivity index (χ4n) is 4.83. The van der Waals surface area contributed by atoms with Crippen LogP contribution in [0.3, 0.4) is 0 Å². The van der Waals surface area contributed by atoms with Gasteiger partial charge in [-0.05, 0) is 49.4 Å². The van der Waals surface area contributed by atoms with Crippen LogP contribution in [0, 0.1) is 5.92 Å². The van der Waals surface area contributed by atoms with Crippen LogP contribution in [-0.2, 0) is 10.2 Å². The van der Waals surface area contributed by atoms with E-state index < -0.39 is 5.41 Å². The van der Waals surface area contributed by atoms with Gasteiger partial charge in [0, 0.05) is 13.0 Å². The number of likely N-dealkylation sites (tertiary alicyclic amines) is 1. The lowest BCUT2D eigenvalue weighted by molar-refractivity contribution is -0.125. The lowest BCUT2D eigenvalue weighted by Gasteiger charge is -2.42. The number of benzene rings is 2. The molecule has 0 aromatic heterocycles. The van der Waals surface area contributed by atoms with Crippen molar-refractivity contribution < 1.29 is 4.79 Å². The number of hydrogen-bond donors (Lipinski definition) is 0. The highest BCUT2D eigenvalue weighted by Gasteiger charge is 2.45. The predicted molar refractivity (Wildman–Crippen MR) is 123 cm³/mol. The molecule has 0 amide bonds. The van der Waals surface area contributed by atoms with E-state index >= 15 is 0 Å². The summed E-state index contributed by atoms with van der Waals surface area (Å²) in [4.78, 5) is 16.3. The molecule has 3 heteroatoms.